The topological polar surface area (TPSA) is 216 Å². The van der Waals surface area contributed by atoms with E-state index in [4.69, 9.17) is 0 Å². The number of benzene rings is 3. The molecule has 11 rings (SSSR count). The van der Waals surface area contributed by atoms with E-state index in [9.17, 15) is 8.42 Å². The third-order valence-corrected chi connectivity index (χ3v) is 12.7. The van der Waals surface area contributed by atoms with Crippen molar-refractivity contribution in [3.8, 4) is 0 Å². The number of anilines is 6. The molecule has 0 saturated heterocycles. The van der Waals surface area contributed by atoms with Gasteiger partial charge in [0.1, 0.15) is 11.8 Å². The van der Waals surface area contributed by atoms with Crippen LogP contribution in [0, 0.1) is 6.92 Å². The zero-order valence-corrected chi connectivity index (χ0v) is 37.8. The van der Waals surface area contributed by atoms with Gasteiger partial charge in [-0.2, -0.15) is 57.1 Å². The first kappa shape index (κ1) is 43.7. The quantitative estimate of drug-likeness (QED) is 0.0925. The second-order valence-electron chi connectivity index (χ2n) is 15.3. The van der Waals surface area contributed by atoms with E-state index in [0.717, 1.165) is 52.2 Å². The van der Waals surface area contributed by atoms with Gasteiger partial charge in [-0.3, -0.25) is 9.36 Å². The highest BCUT2D eigenvalue weighted by atomic mass is 32.2. The van der Waals surface area contributed by atoms with E-state index in [-0.39, 0.29) is 55.6 Å². The number of H-pyrrole nitrogens is 1. The molecule has 3 aromatic carbocycles. The smallest absolute Gasteiger partial charge is 0.270 e. The second-order valence-corrected chi connectivity index (χ2v) is 17.2. The number of fused-ring (bicyclic) bond motifs is 4. The average molecular weight is 915 g/mol. The minimum atomic E-state index is -3.93. The van der Waals surface area contributed by atoms with Crippen molar-refractivity contribution in [1.29, 1.82) is 0 Å². The van der Waals surface area contributed by atoms with Gasteiger partial charge in [-0.05, 0) is 67.0 Å². The molecule has 2 atom stereocenters. The van der Waals surface area contributed by atoms with E-state index in [1.807, 2.05) is 39.3 Å². The van der Waals surface area contributed by atoms with Crippen molar-refractivity contribution in [1.82, 2.24) is 58.4 Å². The van der Waals surface area contributed by atoms with Gasteiger partial charge in [0.25, 0.3) is 10.0 Å². The van der Waals surface area contributed by atoms with Crippen molar-refractivity contribution < 1.29 is 8.42 Å². The lowest BCUT2D eigenvalue weighted by Crippen LogP contribution is -2.14. The van der Waals surface area contributed by atoms with Crippen molar-refractivity contribution in [2.75, 3.05) is 21.3 Å². The number of nitrogens with zero attached hydrogens (tertiary/aromatic N) is 11. The van der Waals surface area contributed by atoms with E-state index in [0.29, 0.717) is 28.6 Å². The largest absolute Gasteiger partial charge is 0.361 e. The third-order valence-electron chi connectivity index (χ3n) is 11.0. The van der Waals surface area contributed by atoms with E-state index in [1.165, 1.54) is 28.6 Å². The highest BCUT2D eigenvalue weighted by molar-refractivity contribution is 7.90. The molecule has 2 aliphatic rings. The number of aromatic amines is 1. The first-order chi connectivity index (χ1) is 30.1. The van der Waals surface area contributed by atoms with E-state index < -0.39 is 10.0 Å². The fourth-order valence-electron chi connectivity index (χ4n) is 8.00. The van der Waals surface area contributed by atoms with Gasteiger partial charge in [0.2, 0.25) is 11.9 Å². The highest BCUT2D eigenvalue weighted by Crippen LogP contribution is 2.37. The van der Waals surface area contributed by atoms with Crippen LogP contribution >= 0.6 is 27.0 Å². The second kappa shape index (κ2) is 18.0. The summed E-state index contributed by atoms with van der Waals surface area (Å²) in [5, 5.41) is 21.7. The summed E-state index contributed by atoms with van der Waals surface area (Å²) in [6.45, 7) is 1.91. The molecule has 9 aromatic rings. The lowest BCUT2D eigenvalue weighted by molar-refractivity contribution is 0.588. The highest BCUT2D eigenvalue weighted by Gasteiger charge is 2.28. The zero-order chi connectivity index (χ0) is 42.4. The molecule has 0 aliphatic heterocycles. The van der Waals surface area contributed by atoms with Crippen molar-refractivity contribution in [2.24, 2.45) is 14.1 Å². The number of aromatic nitrogens is 12. The normalized spacial score (nSPS) is 15.0. The number of rotatable bonds is 10. The van der Waals surface area contributed by atoms with E-state index >= 15 is 0 Å². The molecule has 18 nitrogen and oxygen atoms in total. The number of imidazole rings is 2. The van der Waals surface area contributed by atoms with Crippen molar-refractivity contribution in [2.45, 2.75) is 49.6 Å². The Balaban J connectivity index is 0.000000178. The number of hydrogen-bond donors (Lipinski definition) is 5. The van der Waals surface area contributed by atoms with Crippen LogP contribution in [-0.2, 0) is 37.0 Å². The van der Waals surface area contributed by atoms with Crippen LogP contribution in [-0.4, -0.2) is 66.8 Å². The predicted molar refractivity (Wildman–Crippen MR) is 257 cm³/mol. The lowest BCUT2D eigenvalue weighted by Gasteiger charge is -2.16. The summed E-state index contributed by atoms with van der Waals surface area (Å²) in [6.07, 6.45) is 13.9. The molecule has 0 bridgehead atoms. The maximum Gasteiger partial charge on any atom is 0.270 e. The molecule has 6 aromatic heterocycles. The fourth-order valence-corrected chi connectivity index (χ4v) is 9.24. The standard InChI is InChI=1S/C25H24N8O2S.C18H18N8.2H2S/c1-16-7-10-19(11-8-16)36(34,35)33-15-26-22-23(29-21-12-9-17-5-3-4-6-20(17)21)30-25(31-24(22)33)28-18-13-27-32(2)14-18;1-26-9-12(8-21-26)22-18-24-16-15(19-10-20-16)17(25-18)23-14-7-6-11-4-2-3-5-13(11)14;;/h3-8,10-11,13-15,21H,9,12H2,1-2H3,(H2,28,29,30,31);2-5,8-10,14H,6-7H2,1H3,(H3,19,20,22,23,24,25);2*1H2/t21-;14-;;/m00../s1. The molecule has 21 heteroatoms. The van der Waals surface area contributed by atoms with E-state index in [1.54, 1.807) is 58.5 Å². The van der Waals surface area contributed by atoms with Gasteiger partial charge in [0, 0.05) is 26.5 Å². The summed E-state index contributed by atoms with van der Waals surface area (Å²) < 4.78 is 31.5. The Labute approximate surface area is 382 Å². The van der Waals surface area contributed by atoms with Gasteiger partial charge < -0.3 is 26.3 Å². The summed E-state index contributed by atoms with van der Waals surface area (Å²) in [5.74, 6) is 1.95. The van der Waals surface area contributed by atoms with Crippen LogP contribution in [0.15, 0.2) is 115 Å². The Morgan fingerprint density at radius 2 is 1.25 bits per heavy atom. The maximum atomic E-state index is 13.5. The lowest BCUT2D eigenvalue weighted by atomic mass is 10.1. The number of aryl methyl sites for hydroxylation is 5. The molecule has 5 N–H and O–H groups in total. The van der Waals surface area contributed by atoms with Crippen LogP contribution in [0.3, 0.4) is 0 Å². The Kier molecular flexibility index (Phi) is 12.3. The van der Waals surface area contributed by atoms with E-state index in [2.05, 4.69) is 103 Å². The van der Waals surface area contributed by atoms with Crippen molar-refractivity contribution >= 4 is 94.2 Å². The van der Waals surface area contributed by atoms with Gasteiger partial charge in [-0.1, -0.05) is 66.2 Å². The van der Waals surface area contributed by atoms with Gasteiger partial charge in [0.15, 0.2) is 28.4 Å². The maximum absolute atomic E-state index is 13.5. The average Bonchev–Trinajstić information content (AvgIpc) is 4.14. The van der Waals surface area contributed by atoms with Gasteiger partial charge in [0.05, 0.1) is 47.1 Å². The van der Waals surface area contributed by atoms with Gasteiger partial charge in [-0.25, -0.2) is 22.4 Å². The zero-order valence-electron chi connectivity index (χ0n) is 35.0. The SMILES string of the molecule is Cc1ccc(S(=O)(=O)n2cnc3c(N[C@H]4CCc5ccccc54)nc(Nc4cnn(C)c4)nc32)cc1.Cn1cc(Nc2nc(N[C@H]3CCc4ccccc43)c3[nH]cnc3n2)cn1.S.S. The van der Waals surface area contributed by atoms with Crippen LogP contribution in [0.1, 0.15) is 52.7 Å². The molecular weight excluding hydrogens is 869 g/mol. The summed E-state index contributed by atoms with van der Waals surface area (Å²) in [5.41, 5.74) is 9.72. The molecule has 0 unspecified atom stereocenters. The molecule has 328 valence electrons. The number of hydrogen-bond acceptors (Lipinski definition) is 14. The minimum Gasteiger partial charge on any atom is -0.361 e. The van der Waals surface area contributed by atoms with Crippen LogP contribution in [0.25, 0.3) is 22.3 Å². The third kappa shape index (κ3) is 8.68. The first-order valence-corrected chi connectivity index (χ1v) is 21.6. The monoisotopic (exact) mass is 914 g/mol. The van der Waals surface area contributed by atoms with Crippen LogP contribution < -0.4 is 21.3 Å². The molecule has 0 spiro atoms. The van der Waals surface area contributed by atoms with Gasteiger partial charge >= 0.3 is 0 Å². The van der Waals surface area contributed by atoms with Crippen molar-refractivity contribution in [3.05, 3.63) is 138 Å². The molecule has 6 heterocycles. The van der Waals surface area contributed by atoms with Crippen LogP contribution in [0.4, 0.5) is 34.9 Å². The Morgan fingerprint density at radius 1 is 0.688 bits per heavy atom. The summed E-state index contributed by atoms with van der Waals surface area (Å²) in [4.78, 5) is 30.4. The summed E-state index contributed by atoms with van der Waals surface area (Å²) >= 11 is 0. The first-order valence-electron chi connectivity index (χ1n) is 20.1. The Bertz CT molecular complexity index is 3200. The molecule has 0 saturated carbocycles. The molecule has 64 heavy (non-hydrogen) atoms. The predicted octanol–water partition coefficient (Wildman–Crippen LogP) is 7.10. The van der Waals surface area contributed by atoms with Gasteiger partial charge in [-0.15, -0.1) is 0 Å². The Morgan fingerprint density at radius 3 is 1.84 bits per heavy atom. The van der Waals surface area contributed by atoms with Crippen LogP contribution in [0.2, 0.25) is 0 Å². The minimum absolute atomic E-state index is 0. The molecule has 2 aliphatic carbocycles. The summed E-state index contributed by atoms with van der Waals surface area (Å²) in [7, 11) is -0.248. The number of nitrogens with one attached hydrogen (secondary N) is 5. The van der Waals surface area contributed by atoms with Crippen LogP contribution in [0.5, 0.6) is 0 Å². The Hall–Kier alpha value is -6.97. The molecule has 0 amide bonds. The molecule has 0 radical (unpaired) electrons. The van der Waals surface area contributed by atoms with Crippen molar-refractivity contribution in [3.63, 3.8) is 0 Å². The summed E-state index contributed by atoms with van der Waals surface area (Å²) in [6, 6.07) is 23.8. The molecule has 0 fully saturated rings. The fraction of sp³-hybridized carbons (Fsp3) is 0.209. The molecular formula is C43H46N16O2S3.